The van der Waals surface area contributed by atoms with Crippen LogP contribution in [0.1, 0.15) is 33.2 Å². The summed E-state index contributed by atoms with van der Waals surface area (Å²) in [6.07, 6.45) is 0. The molecule has 0 radical (unpaired) electrons. The number of rotatable bonds is 8. The molecule has 31 heavy (non-hydrogen) atoms. The molecular formula is C24H20ClNO4S. The summed E-state index contributed by atoms with van der Waals surface area (Å²) in [6.45, 7) is 1.03. The molecule has 5 nitrogen and oxygen atoms in total. The van der Waals surface area contributed by atoms with Gasteiger partial charge in [-0.15, -0.1) is 11.8 Å². The summed E-state index contributed by atoms with van der Waals surface area (Å²) in [7, 11) is 0. The van der Waals surface area contributed by atoms with Crippen molar-refractivity contribution in [1.29, 1.82) is 0 Å². The van der Waals surface area contributed by atoms with Crippen molar-refractivity contribution in [3.05, 3.63) is 94.5 Å². The number of nitrogens with one attached hydrogen (secondary N) is 1. The highest BCUT2D eigenvalue weighted by Gasteiger charge is 2.11. The van der Waals surface area contributed by atoms with Gasteiger partial charge in [0.1, 0.15) is 0 Å². The van der Waals surface area contributed by atoms with Crippen LogP contribution in [0.15, 0.2) is 77.7 Å². The predicted molar refractivity (Wildman–Crippen MR) is 123 cm³/mol. The molecule has 0 bridgehead atoms. The van der Waals surface area contributed by atoms with Gasteiger partial charge < -0.3 is 10.1 Å². The zero-order valence-electron chi connectivity index (χ0n) is 16.8. The average molecular weight is 454 g/mol. The maximum absolute atomic E-state index is 12.2. The first-order chi connectivity index (χ1) is 14.9. The first-order valence-corrected chi connectivity index (χ1v) is 10.8. The minimum Gasteiger partial charge on any atom is -0.452 e. The lowest BCUT2D eigenvalue weighted by molar-refractivity contribution is -0.119. The van der Waals surface area contributed by atoms with Gasteiger partial charge in [-0.1, -0.05) is 35.9 Å². The normalized spacial score (nSPS) is 10.4. The van der Waals surface area contributed by atoms with Crippen LogP contribution in [0, 0.1) is 0 Å². The van der Waals surface area contributed by atoms with E-state index < -0.39 is 18.5 Å². The van der Waals surface area contributed by atoms with Gasteiger partial charge >= 0.3 is 5.97 Å². The number of hydrogen-bond acceptors (Lipinski definition) is 5. The smallest absolute Gasteiger partial charge is 0.338 e. The van der Waals surface area contributed by atoms with Gasteiger partial charge in [0.15, 0.2) is 12.4 Å². The highest BCUT2D eigenvalue weighted by molar-refractivity contribution is 7.98. The molecule has 0 aliphatic heterocycles. The number of anilines is 1. The van der Waals surface area contributed by atoms with Crippen LogP contribution in [-0.2, 0) is 15.3 Å². The van der Waals surface area contributed by atoms with Crippen LogP contribution in [0.25, 0.3) is 0 Å². The molecule has 0 spiro atoms. The Balaban J connectivity index is 1.47. The molecule has 1 N–H and O–H groups in total. The molecule has 3 rings (SSSR count). The van der Waals surface area contributed by atoms with Crippen molar-refractivity contribution in [3.63, 3.8) is 0 Å². The third-order valence-electron chi connectivity index (χ3n) is 4.30. The Morgan fingerprint density at radius 2 is 1.65 bits per heavy atom. The highest BCUT2D eigenvalue weighted by atomic mass is 35.5. The third-order valence-corrected chi connectivity index (χ3v) is 5.63. The van der Waals surface area contributed by atoms with Gasteiger partial charge in [-0.3, -0.25) is 9.59 Å². The van der Waals surface area contributed by atoms with E-state index in [2.05, 4.69) is 5.32 Å². The van der Waals surface area contributed by atoms with E-state index in [0.29, 0.717) is 21.8 Å². The van der Waals surface area contributed by atoms with Gasteiger partial charge in [0.25, 0.3) is 5.91 Å². The summed E-state index contributed by atoms with van der Waals surface area (Å²) in [5.74, 6) is -0.411. The fourth-order valence-corrected chi connectivity index (χ4v) is 3.64. The lowest BCUT2D eigenvalue weighted by Crippen LogP contribution is -2.21. The summed E-state index contributed by atoms with van der Waals surface area (Å²) in [6, 6.07) is 21.2. The first-order valence-electron chi connectivity index (χ1n) is 9.46. The van der Waals surface area contributed by atoms with Crippen molar-refractivity contribution in [2.24, 2.45) is 0 Å². The molecule has 0 atom stereocenters. The van der Waals surface area contributed by atoms with E-state index in [4.69, 9.17) is 16.3 Å². The van der Waals surface area contributed by atoms with Crippen molar-refractivity contribution < 1.29 is 19.1 Å². The fraction of sp³-hybridized carbons (Fsp3) is 0.125. The molecule has 0 aliphatic carbocycles. The summed E-state index contributed by atoms with van der Waals surface area (Å²) in [5, 5.41) is 3.31. The predicted octanol–water partition coefficient (Wildman–Crippen LogP) is 5.63. The van der Waals surface area contributed by atoms with Crippen LogP contribution in [0.2, 0.25) is 5.02 Å². The molecule has 3 aromatic carbocycles. The van der Waals surface area contributed by atoms with E-state index in [9.17, 15) is 14.4 Å². The van der Waals surface area contributed by atoms with E-state index in [0.717, 1.165) is 16.2 Å². The first kappa shape index (κ1) is 22.6. The van der Waals surface area contributed by atoms with Crippen LogP contribution < -0.4 is 5.32 Å². The van der Waals surface area contributed by atoms with Gasteiger partial charge in [0, 0.05) is 26.9 Å². The quantitative estimate of drug-likeness (QED) is 0.272. The zero-order chi connectivity index (χ0) is 22.2. The fourth-order valence-electron chi connectivity index (χ4n) is 2.66. The molecule has 0 unspecified atom stereocenters. The number of Topliss-reactive ketones (excluding diaryl/α,β-unsaturated/α-hetero) is 1. The lowest BCUT2D eigenvalue weighted by Gasteiger charge is -2.08. The Morgan fingerprint density at radius 1 is 0.935 bits per heavy atom. The number of carbonyl (C=O) groups is 3. The topological polar surface area (TPSA) is 72.5 Å². The van der Waals surface area contributed by atoms with E-state index >= 15 is 0 Å². The van der Waals surface area contributed by atoms with Gasteiger partial charge in [-0.05, 0) is 61.0 Å². The number of ether oxygens (including phenoxy) is 1. The Bertz CT molecular complexity index is 1080. The molecule has 158 valence electrons. The van der Waals surface area contributed by atoms with Gasteiger partial charge in [0.2, 0.25) is 0 Å². The second-order valence-corrected chi connectivity index (χ2v) is 8.19. The van der Waals surface area contributed by atoms with Crippen LogP contribution in [0.4, 0.5) is 5.69 Å². The standard InChI is InChI=1S/C24H20ClNO4S/c1-16(27)19-3-2-4-21(13-19)26-23(28)14-30-24(29)18-7-5-17(6-8-18)15-31-22-11-9-20(25)10-12-22/h2-13H,14-15H2,1H3,(H,26,28). The Kier molecular flexibility index (Phi) is 7.87. The van der Waals surface area contributed by atoms with Crippen molar-refractivity contribution >= 4 is 46.7 Å². The Morgan fingerprint density at radius 3 is 2.32 bits per heavy atom. The third kappa shape index (κ3) is 6.98. The lowest BCUT2D eigenvalue weighted by atomic mass is 10.1. The molecule has 3 aromatic rings. The van der Waals surface area contributed by atoms with Crippen molar-refractivity contribution in [2.45, 2.75) is 17.6 Å². The monoisotopic (exact) mass is 453 g/mol. The summed E-state index contributed by atoms with van der Waals surface area (Å²) >= 11 is 7.55. The number of ketones is 1. The number of hydrogen-bond donors (Lipinski definition) is 1. The van der Waals surface area contributed by atoms with Crippen molar-refractivity contribution in [2.75, 3.05) is 11.9 Å². The number of amides is 1. The molecule has 0 saturated carbocycles. The highest BCUT2D eigenvalue weighted by Crippen LogP contribution is 2.24. The number of thioether (sulfide) groups is 1. The van der Waals surface area contributed by atoms with Crippen molar-refractivity contribution in [1.82, 2.24) is 0 Å². The number of carbonyl (C=O) groups excluding carboxylic acids is 3. The molecule has 0 aliphatic rings. The van der Waals surface area contributed by atoms with E-state index in [1.165, 1.54) is 6.92 Å². The van der Waals surface area contributed by atoms with Crippen LogP contribution in [-0.4, -0.2) is 24.3 Å². The minimum atomic E-state index is -0.579. The van der Waals surface area contributed by atoms with Crippen LogP contribution in [0.5, 0.6) is 0 Å². The number of esters is 1. The second-order valence-electron chi connectivity index (χ2n) is 6.70. The molecule has 1 amide bonds. The maximum Gasteiger partial charge on any atom is 0.338 e. The molecule has 0 heterocycles. The second kappa shape index (κ2) is 10.8. The SMILES string of the molecule is CC(=O)c1cccc(NC(=O)COC(=O)c2ccc(CSc3ccc(Cl)cc3)cc2)c1. The Hall–Kier alpha value is -3.09. The summed E-state index contributed by atoms with van der Waals surface area (Å²) in [4.78, 5) is 36.8. The van der Waals surface area contributed by atoms with E-state index in [-0.39, 0.29) is 5.78 Å². The van der Waals surface area contributed by atoms with Gasteiger partial charge in [-0.25, -0.2) is 4.79 Å². The summed E-state index contributed by atoms with van der Waals surface area (Å²) in [5.41, 5.74) is 2.38. The zero-order valence-corrected chi connectivity index (χ0v) is 18.3. The number of benzene rings is 3. The Labute approximate surface area is 189 Å². The van der Waals surface area contributed by atoms with Crippen LogP contribution in [0.3, 0.4) is 0 Å². The van der Waals surface area contributed by atoms with Crippen LogP contribution >= 0.6 is 23.4 Å². The maximum atomic E-state index is 12.2. The molecule has 0 fully saturated rings. The average Bonchev–Trinajstić information content (AvgIpc) is 2.77. The summed E-state index contributed by atoms with van der Waals surface area (Å²) < 4.78 is 5.08. The van der Waals surface area contributed by atoms with Crippen molar-refractivity contribution in [3.8, 4) is 0 Å². The number of halogens is 1. The minimum absolute atomic E-state index is 0.0995. The van der Waals surface area contributed by atoms with E-state index in [1.54, 1.807) is 48.2 Å². The van der Waals surface area contributed by atoms with Gasteiger partial charge in [-0.2, -0.15) is 0 Å². The molecule has 0 saturated heterocycles. The van der Waals surface area contributed by atoms with E-state index in [1.807, 2.05) is 36.4 Å². The molecule has 0 aromatic heterocycles. The molecule has 7 heteroatoms. The largest absolute Gasteiger partial charge is 0.452 e. The molecular weight excluding hydrogens is 434 g/mol. The van der Waals surface area contributed by atoms with Gasteiger partial charge in [0.05, 0.1) is 5.56 Å².